The number of nitrogens with zero attached hydrogens (tertiary/aromatic N) is 1. The van der Waals surface area contributed by atoms with E-state index in [1.807, 2.05) is 0 Å². The highest BCUT2D eigenvalue weighted by atomic mass is 15.0. The van der Waals surface area contributed by atoms with Gasteiger partial charge in [-0.3, -0.25) is 0 Å². The lowest BCUT2D eigenvalue weighted by Gasteiger charge is -2.22. The molecule has 0 fully saturated rings. The fraction of sp³-hybridized carbons (Fsp3) is 0.0588. The van der Waals surface area contributed by atoms with E-state index in [9.17, 15) is 0 Å². The molecule has 1 N–H and O–H groups in total. The van der Waals surface area contributed by atoms with Crippen LogP contribution in [0.5, 0.6) is 0 Å². The maximum atomic E-state index is 3.65. The molecule has 10 rings (SSSR count). The number of rotatable bonds is 6. The van der Waals surface area contributed by atoms with E-state index in [4.69, 9.17) is 0 Å². The minimum Gasteiger partial charge on any atom is -0.356 e. The molecule has 9 aromatic rings. The Morgan fingerprint density at radius 1 is 0.377 bits per heavy atom. The Hall–Kier alpha value is -6.64. The molecule has 0 unspecified atom stereocenters. The molecule has 0 aliphatic heterocycles. The van der Waals surface area contributed by atoms with Crippen LogP contribution in [-0.4, -0.2) is 4.57 Å². The van der Waals surface area contributed by atoms with Crippen molar-refractivity contribution < 1.29 is 0 Å². The fourth-order valence-electron chi connectivity index (χ4n) is 8.41. The molecule has 0 bridgehead atoms. The molecule has 0 amide bonds. The quantitative estimate of drug-likeness (QED) is 0.185. The minimum atomic E-state index is -0.0108. The van der Waals surface area contributed by atoms with E-state index in [1.54, 1.807) is 0 Å². The maximum absolute atomic E-state index is 3.65. The second kappa shape index (κ2) is 12.3. The zero-order valence-electron chi connectivity index (χ0n) is 29.8. The summed E-state index contributed by atoms with van der Waals surface area (Å²) in [5.41, 5.74) is 18.5. The van der Waals surface area contributed by atoms with Crippen molar-refractivity contribution >= 4 is 33.2 Å². The smallest absolute Gasteiger partial charge is 0.0541 e. The Labute approximate surface area is 310 Å². The summed E-state index contributed by atoms with van der Waals surface area (Å²) in [5.74, 6) is 0. The third-order valence-corrected chi connectivity index (χ3v) is 11.2. The van der Waals surface area contributed by atoms with Gasteiger partial charge in [-0.1, -0.05) is 147 Å². The third-order valence-electron chi connectivity index (χ3n) is 11.2. The summed E-state index contributed by atoms with van der Waals surface area (Å²) >= 11 is 0. The number of benzene rings is 8. The summed E-state index contributed by atoms with van der Waals surface area (Å²) in [6.45, 7) is 4.65. The first-order valence-corrected chi connectivity index (χ1v) is 18.4. The van der Waals surface area contributed by atoms with Crippen molar-refractivity contribution in [2.75, 3.05) is 5.32 Å². The van der Waals surface area contributed by atoms with Gasteiger partial charge in [0.2, 0.25) is 0 Å². The minimum absolute atomic E-state index is 0.0108. The van der Waals surface area contributed by atoms with Crippen molar-refractivity contribution in [1.29, 1.82) is 0 Å². The number of aromatic nitrogens is 1. The van der Waals surface area contributed by atoms with Crippen molar-refractivity contribution in [1.82, 2.24) is 4.57 Å². The Balaban J connectivity index is 0.860. The van der Waals surface area contributed by atoms with Crippen molar-refractivity contribution in [3.8, 4) is 50.2 Å². The summed E-state index contributed by atoms with van der Waals surface area (Å²) in [6.07, 6.45) is 0. The highest BCUT2D eigenvalue weighted by molar-refractivity contribution is 6.10. The summed E-state index contributed by atoms with van der Waals surface area (Å²) in [5, 5.41) is 6.18. The van der Waals surface area contributed by atoms with Gasteiger partial charge < -0.3 is 9.88 Å². The lowest BCUT2D eigenvalue weighted by atomic mass is 9.82. The molecule has 8 aromatic carbocycles. The van der Waals surface area contributed by atoms with Gasteiger partial charge in [0.05, 0.1) is 11.0 Å². The zero-order chi connectivity index (χ0) is 35.5. The van der Waals surface area contributed by atoms with Crippen molar-refractivity contribution in [3.63, 3.8) is 0 Å². The normalized spacial score (nSPS) is 12.9. The largest absolute Gasteiger partial charge is 0.356 e. The van der Waals surface area contributed by atoms with Gasteiger partial charge in [0.1, 0.15) is 0 Å². The van der Waals surface area contributed by atoms with E-state index in [0.717, 1.165) is 11.4 Å². The number of fused-ring (bicyclic) bond motifs is 6. The van der Waals surface area contributed by atoms with Gasteiger partial charge in [0, 0.05) is 33.2 Å². The first-order chi connectivity index (χ1) is 26.0. The molecule has 0 saturated heterocycles. The van der Waals surface area contributed by atoms with E-state index in [1.165, 1.54) is 83.1 Å². The molecule has 0 atom stereocenters. The Bertz CT molecular complexity index is 2790. The monoisotopic (exact) mass is 678 g/mol. The van der Waals surface area contributed by atoms with Gasteiger partial charge >= 0.3 is 0 Å². The molecule has 1 heterocycles. The van der Waals surface area contributed by atoms with E-state index in [-0.39, 0.29) is 5.41 Å². The number of hydrogen-bond donors (Lipinski definition) is 1. The SMILES string of the molecule is CC1(C)c2ccccc2-c2ccc(Nc3ccc(-c4ccc(-c5ccc(-c6ccc7c(c6)c6ccccc6n7-c6ccccc6)cc5)cc4)cc3)cc21. The summed E-state index contributed by atoms with van der Waals surface area (Å²) in [7, 11) is 0. The Morgan fingerprint density at radius 3 is 1.58 bits per heavy atom. The first kappa shape index (κ1) is 31.1. The van der Waals surface area contributed by atoms with Crippen LogP contribution in [0.4, 0.5) is 11.4 Å². The number of anilines is 2. The summed E-state index contributed by atoms with van der Waals surface area (Å²) < 4.78 is 2.36. The second-order valence-electron chi connectivity index (χ2n) is 14.7. The molecule has 0 spiro atoms. The topological polar surface area (TPSA) is 17.0 Å². The van der Waals surface area contributed by atoms with Gasteiger partial charge in [-0.15, -0.1) is 0 Å². The van der Waals surface area contributed by atoms with Crippen molar-refractivity contribution in [2.45, 2.75) is 19.3 Å². The van der Waals surface area contributed by atoms with Gasteiger partial charge in [0.15, 0.2) is 0 Å². The van der Waals surface area contributed by atoms with E-state index in [2.05, 4.69) is 212 Å². The van der Waals surface area contributed by atoms with Crippen LogP contribution in [0.3, 0.4) is 0 Å². The third kappa shape index (κ3) is 5.26. The zero-order valence-corrected chi connectivity index (χ0v) is 29.8. The van der Waals surface area contributed by atoms with Crippen LogP contribution in [0, 0.1) is 0 Å². The number of nitrogens with one attached hydrogen (secondary N) is 1. The van der Waals surface area contributed by atoms with Crippen LogP contribution < -0.4 is 5.32 Å². The highest BCUT2D eigenvalue weighted by Gasteiger charge is 2.35. The van der Waals surface area contributed by atoms with Crippen LogP contribution in [0.2, 0.25) is 0 Å². The number of hydrogen-bond acceptors (Lipinski definition) is 1. The maximum Gasteiger partial charge on any atom is 0.0541 e. The fourth-order valence-corrected chi connectivity index (χ4v) is 8.41. The molecular formula is C51H38N2. The van der Waals surface area contributed by atoms with Crippen LogP contribution >= 0.6 is 0 Å². The summed E-state index contributed by atoms with van der Waals surface area (Å²) in [4.78, 5) is 0. The molecule has 252 valence electrons. The molecule has 1 aromatic heterocycles. The van der Waals surface area contributed by atoms with Gasteiger partial charge in [0.25, 0.3) is 0 Å². The lowest BCUT2D eigenvalue weighted by Crippen LogP contribution is -2.15. The molecule has 2 heteroatoms. The first-order valence-electron chi connectivity index (χ1n) is 18.4. The van der Waals surface area contributed by atoms with Gasteiger partial charge in [-0.05, 0) is 110 Å². The lowest BCUT2D eigenvalue weighted by molar-refractivity contribution is 0.660. The average molecular weight is 679 g/mol. The van der Waals surface area contributed by atoms with Crippen LogP contribution in [0.25, 0.3) is 72.0 Å². The van der Waals surface area contributed by atoms with Gasteiger partial charge in [-0.25, -0.2) is 0 Å². The Morgan fingerprint density at radius 2 is 0.887 bits per heavy atom. The van der Waals surface area contributed by atoms with Crippen molar-refractivity contribution in [3.05, 3.63) is 199 Å². The highest BCUT2D eigenvalue weighted by Crippen LogP contribution is 2.49. The second-order valence-corrected chi connectivity index (χ2v) is 14.7. The molecule has 0 radical (unpaired) electrons. The van der Waals surface area contributed by atoms with Gasteiger partial charge in [-0.2, -0.15) is 0 Å². The van der Waals surface area contributed by atoms with Crippen molar-refractivity contribution in [2.24, 2.45) is 0 Å². The predicted molar refractivity (Wildman–Crippen MR) is 224 cm³/mol. The molecule has 1 aliphatic carbocycles. The van der Waals surface area contributed by atoms with Crippen LogP contribution in [-0.2, 0) is 5.41 Å². The van der Waals surface area contributed by atoms with E-state index >= 15 is 0 Å². The molecule has 2 nitrogen and oxygen atoms in total. The standard InChI is InChI=1S/C51H38N2/c1-51(2)47-14-8-6-12-43(47)44-30-29-41(33-48(44)51)52-40-27-24-37(25-28-40)36-18-16-34(17-19-36)35-20-22-38(23-21-35)39-26-31-50-46(32-39)45-13-7-9-15-49(45)53(50)42-10-4-3-5-11-42/h3-33,52H,1-2H3. The van der Waals surface area contributed by atoms with Crippen LogP contribution in [0.1, 0.15) is 25.0 Å². The number of para-hydroxylation sites is 2. The molecule has 1 aliphatic rings. The van der Waals surface area contributed by atoms with Crippen LogP contribution in [0.15, 0.2) is 188 Å². The molecule has 53 heavy (non-hydrogen) atoms. The predicted octanol–water partition coefficient (Wildman–Crippen LogP) is 13.8. The molecular weight excluding hydrogens is 641 g/mol. The van der Waals surface area contributed by atoms with E-state index in [0.29, 0.717) is 0 Å². The molecule has 0 saturated carbocycles. The summed E-state index contributed by atoms with van der Waals surface area (Å²) in [6, 6.07) is 68.3. The average Bonchev–Trinajstić information content (AvgIpc) is 3.66. The van der Waals surface area contributed by atoms with E-state index < -0.39 is 0 Å². The Kier molecular flexibility index (Phi) is 7.19.